The molecule has 1 aliphatic heterocycles. The predicted octanol–water partition coefficient (Wildman–Crippen LogP) is 3.13. The van der Waals surface area contributed by atoms with Gasteiger partial charge in [0.15, 0.2) is 0 Å². The van der Waals surface area contributed by atoms with Gasteiger partial charge in [0.1, 0.15) is 22.4 Å². The van der Waals surface area contributed by atoms with Crippen LogP contribution in [0.25, 0.3) is 6.08 Å². The molecule has 0 bridgehead atoms. The molecule has 0 spiro atoms. The van der Waals surface area contributed by atoms with Crippen molar-refractivity contribution in [3.8, 4) is 0 Å². The number of aryl methyl sites for hydroxylation is 1. The summed E-state index contributed by atoms with van der Waals surface area (Å²) in [5.41, 5.74) is 0.117. The number of benzene rings is 1. The van der Waals surface area contributed by atoms with Gasteiger partial charge < -0.3 is 14.8 Å². The van der Waals surface area contributed by atoms with E-state index in [0.29, 0.717) is 16.4 Å². The first kappa shape index (κ1) is 18.9. The summed E-state index contributed by atoms with van der Waals surface area (Å²) >= 11 is 6.27. The molecular weight excluding hydrogens is 388 g/mol. The molecule has 1 aromatic heterocycles. The van der Waals surface area contributed by atoms with Crippen molar-refractivity contribution in [3.63, 3.8) is 0 Å². The Morgan fingerprint density at radius 2 is 2.04 bits per heavy atom. The number of anilines is 1. The maximum Gasteiger partial charge on any atom is 0.337 e. The Bertz CT molecular complexity index is 980. The van der Waals surface area contributed by atoms with Gasteiger partial charge >= 0.3 is 5.97 Å². The number of nitrogens with zero attached hydrogens (tertiary/aromatic N) is 1. The van der Waals surface area contributed by atoms with Crippen LogP contribution in [0, 0.1) is 6.92 Å². The van der Waals surface area contributed by atoms with Crippen LogP contribution in [-0.4, -0.2) is 38.7 Å². The van der Waals surface area contributed by atoms with Gasteiger partial charge in [0.05, 0.1) is 16.2 Å². The first-order valence-corrected chi connectivity index (χ1v) is 9.01. The third-order valence-electron chi connectivity index (χ3n) is 3.64. The van der Waals surface area contributed by atoms with Crippen LogP contribution in [0.5, 0.6) is 0 Å². The first-order valence-electron chi connectivity index (χ1n) is 7.79. The fourth-order valence-corrected chi connectivity index (χ4v) is 3.64. The van der Waals surface area contributed by atoms with E-state index in [1.807, 2.05) is 0 Å². The Labute approximate surface area is 164 Å². The Morgan fingerprint density at radius 1 is 1.30 bits per heavy atom. The molecule has 1 fully saturated rings. The number of amides is 2. The first-order chi connectivity index (χ1) is 12.8. The second kappa shape index (κ2) is 7.77. The van der Waals surface area contributed by atoms with Gasteiger partial charge in [0.2, 0.25) is 5.91 Å². The summed E-state index contributed by atoms with van der Waals surface area (Å²) in [5, 5.41) is 11.7. The minimum absolute atomic E-state index is 0.0377. The molecule has 2 N–H and O–H groups in total. The fraction of sp³-hybridized carbons (Fsp3) is 0.111. The van der Waals surface area contributed by atoms with Gasteiger partial charge in [0.25, 0.3) is 5.91 Å². The number of hydrogen-bond donors (Lipinski definition) is 2. The van der Waals surface area contributed by atoms with Crippen molar-refractivity contribution in [2.75, 3.05) is 11.9 Å². The standard InChI is InChI=1S/C18H14N2O5S2/c1-10-6-7-11(25-10)8-14-16(22)20(18(26)27-14)9-15(21)19-13-5-3-2-4-12(13)17(23)24/h2-8H,9H2,1H3,(H,19,21)(H,23,24)/b14-8-. The Kier molecular flexibility index (Phi) is 5.43. The van der Waals surface area contributed by atoms with Crippen LogP contribution in [0.4, 0.5) is 5.69 Å². The van der Waals surface area contributed by atoms with Gasteiger partial charge in [-0.15, -0.1) is 0 Å². The average Bonchev–Trinajstić information content (AvgIpc) is 3.13. The number of carbonyl (C=O) groups excluding carboxylic acids is 2. The lowest BCUT2D eigenvalue weighted by molar-refractivity contribution is -0.126. The fourth-order valence-electron chi connectivity index (χ4n) is 2.41. The Hall–Kier alpha value is -2.91. The molecule has 9 heteroatoms. The Balaban J connectivity index is 1.71. The number of thiocarbonyl (C=S) groups is 1. The molecule has 1 aromatic carbocycles. The molecule has 2 aromatic rings. The number of rotatable bonds is 5. The molecule has 0 unspecified atom stereocenters. The summed E-state index contributed by atoms with van der Waals surface area (Å²) in [7, 11) is 0. The van der Waals surface area contributed by atoms with E-state index in [9.17, 15) is 14.4 Å². The van der Waals surface area contributed by atoms with Crippen molar-refractivity contribution in [2.24, 2.45) is 0 Å². The van der Waals surface area contributed by atoms with E-state index < -0.39 is 17.8 Å². The van der Waals surface area contributed by atoms with Crippen LogP contribution >= 0.6 is 24.0 Å². The summed E-state index contributed by atoms with van der Waals surface area (Å²) in [5.74, 6) is -0.870. The zero-order valence-corrected chi connectivity index (χ0v) is 15.7. The number of thioether (sulfide) groups is 1. The van der Waals surface area contributed by atoms with Gasteiger partial charge in [-0.1, -0.05) is 36.1 Å². The average molecular weight is 402 g/mol. The van der Waals surface area contributed by atoms with Crippen LogP contribution in [0.2, 0.25) is 0 Å². The lowest BCUT2D eigenvalue weighted by Crippen LogP contribution is -2.36. The monoisotopic (exact) mass is 402 g/mol. The summed E-state index contributed by atoms with van der Waals surface area (Å²) in [6, 6.07) is 9.53. The lowest BCUT2D eigenvalue weighted by Gasteiger charge is -2.15. The molecule has 3 rings (SSSR count). The van der Waals surface area contributed by atoms with Crippen LogP contribution in [-0.2, 0) is 9.59 Å². The van der Waals surface area contributed by atoms with Gasteiger partial charge in [-0.3, -0.25) is 14.5 Å². The minimum atomic E-state index is -1.16. The van der Waals surface area contributed by atoms with Crippen molar-refractivity contribution in [1.29, 1.82) is 0 Å². The van der Waals surface area contributed by atoms with Crippen LogP contribution in [0.3, 0.4) is 0 Å². The number of nitrogens with one attached hydrogen (secondary N) is 1. The maximum absolute atomic E-state index is 12.5. The third kappa shape index (κ3) is 4.26. The summed E-state index contributed by atoms with van der Waals surface area (Å²) in [6.45, 7) is 1.48. The van der Waals surface area contributed by atoms with E-state index in [1.165, 1.54) is 17.0 Å². The second-order valence-corrected chi connectivity index (χ2v) is 7.29. The SMILES string of the molecule is Cc1ccc(/C=C2\SC(=S)N(CC(=O)Nc3ccccc3C(=O)O)C2=O)o1. The zero-order chi connectivity index (χ0) is 19.6. The van der Waals surface area contributed by atoms with E-state index in [0.717, 1.165) is 11.8 Å². The number of furan rings is 1. The molecule has 0 radical (unpaired) electrons. The highest BCUT2D eigenvalue weighted by Crippen LogP contribution is 2.32. The largest absolute Gasteiger partial charge is 0.478 e. The van der Waals surface area contributed by atoms with Gasteiger partial charge in [-0.05, 0) is 31.2 Å². The van der Waals surface area contributed by atoms with Crippen molar-refractivity contribution >= 4 is 57.8 Å². The molecular formula is C18H14N2O5S2. The number of carboxylic acid groups (broad SMARTS) is 1. The predicted molar refractivity (Wildman–Crippen MR) is 105 cm³/mol. The molecule has 2 heterocycles. The van der Waals surface area contributed by atoms with Crippen molar-refractivity contribution in [2.45, 2.75) is 6.92 Å². The lowest BCUT2D eigenvalue weighted by atomic mass is 10.2. The summed E-state index contributed by atoms with van der Waals surface area (Å²) in [4.78, 5) is 37.6. The van der Waals surface area contributed by atoms with Crippen LogP contribution < -0.4 is 5.32 Å². The number of carboxylic acids is 1. The van der Waals surface area contributed by atoms with Gasteiger partial charge in [-0.25, -0.2) is 4.79 Å². The van der Waals surface area contributed by atoms with Crippen LogP contribution in [0.1, 0.15) is 21.9 Å². The third-order valence-corrected chi connectivity index (χ3v) is 5.02. The van der Waals surface area contributed by atoms with E-state index in [2.05, 4.69) is 5.32 Å². The summed E-state index contributed by atoms with van der Waals surface area (Å²) in [6.07, 6.45) is 1.57. The number of para-hydroxylation sites is 1. The number of aromatic carboxylic acids is 1. The highest BCUT2D eigenvalue weighted by Gasteiger charge is 2.33. The molecule has 1 saturated heterocycles. The second-order valence-electron chi connectivity index (χ2n) is 5.62. The van der Waals surface area contributed by atoms with E-state index in [1.54, 1.807) is 37.3 Å². The number of carbonyl (C=O) groups is 3. The van der Waals surface area contributed by atoms with Gasteiger partial charge in [0, 0.05) is 6.08 Å². The zero-order valence-electron chi connectivity index (χ0n) is 14.1. The van der Waals surface area contributed by atoms with E-state index in [-0.39, 0.29) is 22.1 Å². The normalized spacial score (nSPS) is 15.4. The van der Waals surface area contributed by atoms with Crippen LogP contribution in [0.15, 0.2) is 45.7 Å². The molecule has 0 aliphatic carbocycles. The highest BCUT2D eigenvalue weighted by atomic mass is 32.2. The molecule has 0 saturated carbocycles. The minimum Gasteiger partial charge on any atom is -0.478 e. The van der Waals surface area contributed by atoms with Gasteiger partial charge in [-0.2, -0.15) is 0 Å². The molecule has 0 atom stereocenters. The topological polar surface area (TPSA) is 99.9 Å². The molecule has 2 amide bonds. The van der Waals surface area contributed by atoms with Crippen molar-refractivity contribution in [1.82, 2.24) is 4.90 Å². The Morgan fingerprint density at radius 3 is 2.70 bits per heavy atom. The molecule has 7 nitrogen and oxygen atoms in total. The molecule has 27 heavy (non-hydrogen) atoms. The summed E-state index contributed by atoms with van der Waals surface area (Å²) < 4.78 is 5.67. The van der Waals surface area contributed by atoms with Crippen molar-refractivity contribution in [3.05, 3.63) is 58.4 Å². The maximum atomic E-state index is 12.5. The molecule has 138 valence electrons. The molecule has 1 aliphatic rings. The van der Waals surface area contributed by atoms with Crippen molar-refractivity contribution < 1.29 is 23.9 Å². The van der Waals surface area contributed by atoms with E-state index >= 15 is 0 Å². The quantitative estimate of drug-likeness (QED) is 0.585. The number of hydrogen-bond acceptors (Lipinski definition) is 6. The smallest absolute Gasteiger partial charge is 0.337 e. The highest BCUT2D eigenvalue weighted by molar-refractivity contribution is 8.26. The van der Waals surface area contributed by atoms with E-state index in [4.69, 9.17) is 21.7 Å².